The third kappa shape index (κ3) is 4.18. The van der Waals surface area contributed by atoms with Crippen LogP contribution >= 0.6 is 11.3 Å². The van der Waals surface area contributed by atoms with Crippen LogP contribution in [0.25, 0.3) is 10.2 Å². The number of hydrogen-bond acceptors (Lipinski definition) is 6. The van der Waals surface area contributed by atoms with E-state index < -0.39 is 0 Å². The number of fused-ring (bicyclic) bond motifs is 1. The van der Waals surface area contributed by atoms with E-state index in [1.165, 1.54) is 16.0 Å². The number of hydrogen-bond donors (Lipinski definition) is 1. The Labute approximate surface area is 145 Å². The second-order valence-corrected chi connectivity index (χ2v) is 7.82. The van der Waals surface area contributed by atoms with E-state index in [-0.39, 0.29) is 11.5 Å². The number of carbonyl (C=O) groups excluding carboxylic acids is 1. The lowest BCUT2D eigenvalue weighted by Crippen LogP contribution is -2.28. The molecule has 0 aliphatic carbocycles. The van der Waals surface area contributed by atoms with E-state index in [9.17, 15) is 9.59 Å². The Morgan fingerprint density at radius 3 is 2.71 bits per heavy atom. The first-order valence-electron chi connectivity index (χ1n) is 8.11. The summed E-state index contributed by atoms with van der Waals surface area (Å²) in [5.74, 6) is 0.114. The van der Waals surface area contributed by atoms with Crippen LogP contribution in [0.5, 0.6) is 0 Å². The zero-order valence-corrected chi connectivity index (χ0v) is 15.7. The van der Waals surface area contributed by atoms with Gasteiger partial charge < -0.3 is 10.2 Å². The molecule has 0 atom stereocenters. The Hall–Kier alpha value is -1.80. The summed E-state index contributed by atoms with van der Waals surface area (Å²) in [5, 5.41) is 11.0. The van der Waals surface area contributed by atoms with Crippen LogP contribution in [0.4, 0.5) is 0 Å². The van der Waals surface area contributed by atoms with E-state index in [1.807, 2.05) is 34.9 Å². The smallest absolute Gasteiger partial charge is 0.287 e. The van der Waals surface area contributed by atoms with Crippen molar-refractivity contribution < 1.29 is 4.79 Å². The monoisotopic (exact) mass is 351 g/mol. The standard InChI is InChI=1S/C16H25N5O2S/c1-10(2)9-21-16(23)14-13(18-19-21)12(11(3)24-14)15(22)17-7-6-8-20(4)5/h10H,6-9H2,1-5H3,(H,17,22). The van der Waals surface area contributed by atoms with E-state index >= 15 is 0 Å². The number of nitrogens with zero attached hydrogens (tertiary/aromatic N) is 4. The first-order valence-corrected chi connectivity index (χ1v) is 8.92. The number of rotatable bonds is 7. The first-order chi connectivity index (χ1) is 11.3. The van der Waals surface area contributed by atoms with Crippen LogP contribution < -0.4 is 10.9 Å². The third-order valence-corrected chi connectivity index (χ3v) is 4.66. The van der Waals surface area contributed by atoms with Gasteiger partial charge >= 0.3 is 0 Å². The minimum Gasteiger partial charge on any atom is -0.352 e. The lowest BCUT2D eigenvalue weighted by molar-refractivity contribution is 0.0953. The molecule has 132 valence electrons. The van der Waals surface area contributed by atoms with Crippen molar-refractivity contribution in [3.05, 3.63) is 20.8 Å². The fraction of sp³-hybridized carbons (Fsp3) is 0.625. The van der Waals surface area contributed by atoms with E-state index in [1.54, 1.807) is 0 Å². The van der Waals surface area contributed by atoms with Gasteiger partial charge in [-0.15, -0.1) is 16.4 Å². The Morgan fingerprint density at radius 2 is 2.08 bits per heavy atom. The molecule has 1 amide bonds. The number of aromatic nitrogens is 3. The topological polar surface area (TPSA) is 80.1 Å². The number of amides is 1. The lowest BCUT2D eigenvalue weighted by atomic mass is 10.2. The molecule has 0 fully saturated rings. The number of thiophene rings is 1. The van der Waals surface area contributed by atoms with Gasteiger partial charge in [-0.1, -0.05) is 19.1 Å². The van der Waals surface area contributed by atoms with Crippen LogP contribution in [-0.4, -0.2) is 53.0 Å². The highest BCUT2D eigenvalue weighted by Gasteiger charge is 2.21. The maximum Gasteiger partial charge on any atom is 0.287 e. The first kappa shape index (κ1) is 18.5. The molecule has 0 saturated carbocycles. The van der Waals surface area contributed by atoms with Crippen LogP contribution in [-0.2, 0) is 6.54 Å². The van der Waals surface area contributed by atoms with Gasteiger partial charge in [-0.2, -0.15) is 0 Å². The maximum atomic E-state index is 12.5. The summed E-state index contributed by atoms with van der Waals surface area (Å²) in [7, 11) is 3.99. The normalized spacial score (nSPS) is 11.6. The van der Waals surface area contributed by atoms with E-state index in [0.717, 1.165) is 17.8 Å². The van der Waals surface area contributed by atoms with E-state index in [2.05, 4.69) is 20.5 Å². The SMILES string of the molecule is Cc1sc2c(=O)n(CC(C)C)nnc2c1C(=O)NCCCN(C)C. The average molecular weight is 351 g/mol. The van der Waals surface area contributed by atoms with Crippen molar-refractivity contribution in [3.63, 3.8) is 0 Å². The van der Waals surface area contributed by atoms with Gasteiger partial charge in [0.15, 0.2) is 0 Å². The van der Waals surface area contributed by atoms with Crippen molar-refractivity contribution >= 4 is 27.5 Å². The summed E-state index contributed by atoms with van der Waals surface area (Å²) in [5.41, 5.74) is 0.710. The molecule has 2 aromatic rings. The van der Waals surface area contributed by atoms with Crippen LogP contribution in [0.3, 0.4) is 0 Å². The van der Waals surface area contributed by atoms with Gasteiger partial charge in [0.05, 0.1) is 5.56 Å². The highest BCUT2D eigenvalue weighted by atomic mass is 32.1. The molecule has 0 aliphatic heterocycles. The summed E-state index contributed by atoms with van der Waals surface area (Å²) in [4.78, 5) is 27.9. The van der Waals surface area contributed by atoms with Crippen molar-refractivity contribution in [2.24, 2.45) is 5.92 Å². The van der Waals surface area contributed by atoms with Crippen LogP contribution in [0.1, 0.15) is 35.5 Å². The molecule has 0 spiro atoms. The predicted molar refractivity (Wildman–Crippen MR) is 96.8 cm³/mol. The maximum absolute atomic E-state index is 12.5. The fourth-order valence-electron chi connectivity index (χ4n) is 2.45. The van der Waals surface area contributed by atoms with Crippen molar-refractivity contribution in [2.75, 3.05) is 27.2 Å². The molecule has 24 heavy (non-hydrogen) atoms. The zero-order chi connectivity index (χ0) is 17.9. The minimum atomic E-state index is -0.187. The molecule has 2 heterocycles. The number of carbonyl (C=O) groups is 1. The summed E-state index contributed by atoms with van der Waals surface area (Å²) < 4.78 is 1.88. The number of nitrogens with one attached hydrogen (secondary N) is 1. The van der Waals surface area contributed by atoms with Gasteiger partial charge in [-0.25, -0.2) is 4.68 Å². The van der Waals surface area contributed by atoms with Gasteiger partial charge in [0.1, 0.15) is 10.2 Å². The quantitative estimate of drug-likeness (QED) is 0.765. The highest BCUT2D eigenvalue weighted by molar-refractivity contribution is 7.19. The predicted octanol–water partition coefficient (Wildman–Crippen LogP) is 1.50. The summed E-state index contributed by atoms with van der Waals surface area (Å²) in [6, 6.07) is 0. The Morgan fingerprint density at radius 1 is 1.38 bits per heavy atom. The van der Waals surface area contributed by atoms with Crippen molar-refractivity contribution in [3.8, 4) is 0 Å². The molecule has 0 radical (unpaired) electrons. The van der Waals surface area contributed by atoms with Crippen LogP contribution in [0.2, 0.25) is 0 Å². The molecule has 1 N–H and O–H groups in total. The average Bonchev–Trinajstić information content (AvgIpc) is 2.83. The number of aryl methyl sites for hydroxylation is 1. The minimum absolute atomic E-state index is 0.173. The largest absolute Gasteiger partial charge is 0.352 e. The molecule has 0 aliphatic rings. The molecule has 7 nitrogen and oxygen atoms in total. The van der Waals surface area contributed by atoms with Crippen LogP contribution in [0.15, 0.2) is 4.79 Å². The molecule has 0 bridgehead atoms. The molecular formula is C16H25N5O2S. The summed E-state index contributed by atoms with van der Waals surface area (Å²) in [6.07, 6.45) is 0.868. The highest BCUT2D eigenvalue weighted by Crippen LogP contribution is 2.26. The zero-order valence-electron chi connectivity index (χ0n) is 14.9. The van der Waals surface area contributed by atoms with Gasteiger partial charge in [0, 0.05) is 18.0 Å². The van der Waals surface area contributed by atoms with E-state index in [4.69, 9.17) is 0 Å². The van der Waals surface area contributed by atoms with Crippen molar-refractivity contribution in [1.82, 2.24) is 25.2 Å². The second-order valence-electron chi connectivity index (χ2n) is 6.59. The van der Waals surface area contributed by atoms with Crippen molar-refractivity contribution in [1.29, 1.82) is 0 Å². The lowest BCUT2D eigenvalue weighted by Gasteiger charge is -2.10. The second kappa shape index (κ2) is 7.85. The Balaban J connectivity index is 2.25. The van der Waals surface area contributed by atoms with Crippen molar-refractivity contribution in [2.45, 2.75) is 33.7 Å². The molecular weight excluding hydrogens is 326 g/mol. The van der Waals surface area contributed by atoms with Crippen LogP contribution in [0, 0.1) is 12.8 Å². The fourth-order valence-corrected chi connectivity index (χ4v) is 3.48. The Bertz CT molecular complexity index is 779. The third-order valence-electron chi connectivity index (χ3n) is 3.57. The Kier molecular flexibility index (Phi) is 6.06. The molecule has 0 aromatic carbocycles. The van der Waals surface area contributed by atoms with Gasteiger partial charge in [0.2, 0.25) is 0 Å². The van der Waals surface area contributed by atoms with Gasteiger partial charge in [-0.3, -0.25) is 9.59 Å². The van der Waals surface area contributed by atoms with Gasteiger partial charge in [0.25, 0.3) is 11.5 Å². The molecule has 0 unspecified atom stereocenters. The molecule has 0 saturated heterocycles. The molecule has 2 aromatic heterocycles. The molecule has 2 rings (SSSR count). The van der Waals surface area contributed by atoms with E-state index in [0.29, 0.717) is 34.8 Å². The molecule has 8 heteroatoms. The summed E-state index contributed by atoms with van der Waals surface area (Å²) >= 11 is 1.31. The summed E-state index contributed by atoms with van der Waals surface area (Å²) in [6.45, 7) is 7.89. The van der Waals surface area contributed by atoms with Gasteiger partial charge in [-0.05, 0) is 39.9 Å².